The Labute approximate surface area is 120 Å². The second-order valence-electron chi connectivity index (χ2n) is 5.35. The fraction of sp³-hybridized carbons (Fsp3) is 1.00. The highest BCUT2D eigenvalue weighted by Crippen LogP contribution is 2.15. The highest BCUT2D eigenvalue weighted by molar-refractivity contribution is 6.20. The van der Waals surface area contributed by atoms with Crippen LogP contribution < -0.4 is 0 Å². The van der Waals surface area contributed by atoms with Gasteiger partial charge in [0.1, 0.15) is 0 Å². The van der Waals surface area contributed by atoms with Gasteiger partial charge < -0.3 is 4.74 Å². The molecule has 0 aliphatic heterocycles. The second-order valence-corrected chi connectivity index (χ2v) is 5.97. The minimum Gasteiger partial charge on any atom is -0.385 e. The van der Waals surface area contributed by atoms with Gasteiger partial charge in [-0.2, -0.15) is 0 Å². The lowest BCUT2D eigenvalue weighted by molar-refractivity contribution is 0.193. The number of methoxy groups -OCH3 is 1. The fourth-order valence-corrected chi connectivity index (χ4v) is 2.49. The molecule has 2 heteroatoms. The Morgan fingerprint density at radius 3 is 1.78 bits per heavy atom. The van der Waals surface area contributed by atoms with E-state index in [0.717, 1.165) is 19.4 Å². The molecule has 0 N–H and O–H groups in total. The van der Waals surface area contributed by atoms with Crippen LogP contribution in [0.4, 0.5) is 0 Å². The molecule has 0 aromatic rings. The summed E-state index contributed by atoms with van der Waals surface area (Å²) in [6.07, 6.45) is 16.1. The van der Waals surface area contributed by atoms with Crippen molar-refractivity contribution in [1.82, 2.24) is 0 Å². The minimum atomic E-state index is 0.319. The molecule has 0 aromatic carbocycles. The van der Waals surface area contributed by atoms with Crippen molar-refractivity contribution >= 4 is 11.6 Å². The van der Waals surface area contributed by atoms with Crippen LogP contribution in [-0.4, -0.2) is 19.1 Å². The summed E-state index contributed by atoms with van der Waals surface area (Å²) in [5, 5.41) is 0.319. The topological polar surface area (TPSA) is 9.23 Å². The standard InChI is InChI=1S/C16H33ClO/c1-3-4-5-6-7-8-9-10-11-12-13-16(17)14-15-18-2/h16H,3-15H2,1-2H3. The summed E-state index contributed by atoms with van der Waals surface area (Å²) >= 11 is 6.19. The largest absolute Gasteiger partial charge is 0.385 e. The first-order valence-electron chi connectivity index (χ1n) is 7.94. The van der Waals surface area contributed by atoms with Crippen LogP contribution in [0.15, 0.2) is 0 Å². The van der Waals surface area contributed by atoms with Crippen molar-refractivity contribution in [3.8, 4) is 0 Å². The average Bonchev–Trinajstić information content (AvgIpc) is 2.38. The van der Waals surface area contributed by atoms with Crippen molar-refractivity contribution in [3.05, 3.63) is 0 Å². The van der Waals surface area contributed by atoms with Crippen molar-refractivity contribution in [1.29, 1.82) is 0 Å². The third kappa shape index (κ3) is 14.3. The Bertz CT molecular complexity index is 150. The van der Waals surface area contributed by atoms with Gasteiger partial charge in [-0.15, -0.1) is 11.6 Å². The van der Waals surface area contributed by atoms with Crippen LogP contribution in [0.1, 0.15) is 84.0 Å². The van der Waals surface area contributed by atoms with Crippen molar-refractivity contribution in [2.75, 3.05) is 13.7 Å². The normalized spacial score (nSPS) is 12.8. The van der Waals surface area contributed by atoms with Gasteiger partial charge in [0, 0.05) is 19.1 Å². The van der Waals surface area contributed by atoms with E-state index in [1.54, 1.807) is 7.11 Å². The average molecular weight is 277 g/mol. The first-order chi connectivity index (χ1) is 8.81. The third-order valence-electron chi connectivity index (χ3n) is 3.51. The molecule has 0 radical (unpaired) electrons. The predicted octanol–water partition coefficient (Wildman–Crippen LogP) is 5.94. The molecule has 0 fully saturated rings. The molecule has 1 atom stereocenters. The van der Waals surface area contributed by atoms with E-state index in [9.17, 15) is 0 Å². The fourth-order valence-electron chi connectivity index (χ4n) is 2.24. The van der Waals surface area contributed by atoms with Crippen LogP contribution >= 0.6 is 11.6 Å². The highest BCUT2D eigenvalue weighted by atomic mass is 35.5. The molecule has 0 aliphatic rings. The van der Waals surface area contributed by atoms with E-state index in [1.165, 1.54) is 64.2 Å². The van der Waals surface area contributed by atoms with Crippen molar-refractivity contribution < 1.29 is 4.74 Å². The zero-order valence-corrected chi connectivity index (χ0v) is 13.3. The summed E-state index contributed by atoms with van der Waals surface area (Å²) in [5.74, 6) is 0. The van der Waals surface area contributed by atoms with E-state index in [-0.39, 0.29) is 0 Å². The number of hydrogen-bond donors (Lipinski definition) is 0. The van der Waals surface area contributed by atoms with Gasteiger partial charge in [-0.25, -0.2) is 0 Å². The maximum atomic E-state index is 6.19. The Morgan fingerprint density at radius 1 is 0.778 bits per heavy atom. The van der Waals surface area contributed by atoms with Gasteiger partial charge in [0.2, 0.25) is 0 Å². The Balaban J connectivity index is 3.02. The van der Waals surface area contributed by atoms with E-state index in [2.05, 4.69) is 6.92 Å². The number of rotatable bonds is 14. The third-order valence-corrected chi connectivity index (χ3v) is 3.94. The van der Waals surface area contributed by atoms with E-state index < -0.39 is 0 Å². The van der Waals surface area contributed by atoms with Gasteiger partial charge in [0.05, 0.1) is 0 Å². The summed E-state index contributed by atoms with van der Waals surface area (Å²) in [5.41, 5.74) is 0. The minimum absolute atomic E-state index is 0.319. The van der Waals surface area contributed by atoms with E-state index in [1.807, 2.05) is 0 Å². The number of unbranched alkanes of at least 4 members (excludes halogenated alkanes) is 9. The lowest BCUT2D eigenvalue weighted by Crippen LogP contribution is -2.02. The zero-order chi connectivity index (χ0) is 13.5. The van der Waals surface area contributed by atoms with Gasteiger partial charge in [0.15, 0.2) is 0 Å². The summed E-state index contributed by atoms with van der Waals surface area (Å²) in [4.78, 5) is 0. The monoisotopic (exact) mass is 276 g/mol. The molecular weight excluding hydrogens is 244 g/mol. The molecule has 0 spiro atoms. The molecule has 0 rings (SSSR count). The van der Waals surface area contributed by atoms with E-state index >= 15 is 0 Å². The van der Waals surface area contributed by atoms with Crippen LogP contribution in [0.3, 0.4) is 0 Å². The molecule has 0 aromatic heterocycles. The molecule has 110 valence electrons. The Morgan fingerprint density at radius 2 is 1.28 bits per heavy atom. The first-order valence-corrected chi connectivity index (χ1v) is 8.38. The highest BCUT2D eigenvalue weighted by Gasteiger charge is 2.03. The molecule has 0 heterocycles. The summed E-state index contributed by atoms with van der Waals surface area (Å²) in [6.45, 7) is 3.07. The van der Waals surface area contributed by atoms with Gasteiger partial charge in [-0.1, -0.05) is 71.1 Å². The summed E-state index contributed by atoms with van der Waals surface area (Å²) in [7, 11) is 1.74. The molecule has 18 heavy (non-hydrogen) atoms. The number of hydrogen-bond acceptors (Lipinski definition) is 1. The maximum Gasteiger partial charge on any atom is 0.0476 e. The molecule has 0 aliphatic carbocycles. The van der Waals surface area contributed by atoms with Crippen molar-refractivity contribution in [2.24, 2.45) is 0 Å². The molecule has 0 saturated heterocycles. The SMILES string of the molecule is CCCCCCCCCCCCC(Cl)CCOC. The van der Waals surface area contributed by atoms with E-state index in [0.29, 0.717) is 5.38 Å². The number of halogens is 1. The van der Waals surface area contributed by atoms with Crippen LogP contribution in [0.2, 0.25) is 0 Å². The summed E-state index contributed by atoms with van der Waals surface area (Å²) < 4.78 is 5.03. The molecule has 0 amide bonds. The molecule has 1 unspecified atom stereocenters. The van der Waals surface area contributed by atoms with Gasteiger partial charge in [0.25, 0.3) is 0 Å². The second kappa shape index (κ2) is 15.3. The predicted molar refractivity (Wildman–Crippen MR) is 82.6 cm³/mol. The Kier molecular flexibility index (Phi) is 15.5. The number of ether oxygens (including phenoxy) is 1. The van der Waals surface area contributed by atoms with Crippen LogP contribution in [-0.2, 0) is 4.74 Å². The molecule has 1 nitrogen and oxygen atoms in total. The lowest BCUT2D eigenvalue weighted by atomic mass is 10.0. The smallest absolute Gasteiger partial charge is 0.0476 e. The quantitative estimate of drug-likeness (QED) is 0.282. The summed E-state index contributed by atoms with van der Waals surface area (Å²) in [6, 6.07) is 0. The first kappa shape index (κ1) is 18.2. The van der Waals surface area contributed by atoms with E-state index in [4.69, 9.17) is 16.3 Å². The van der Waals surface area contributed by atoms with Crippen molar-refractivity contribution in [2.45, 2.75) is 89.4 Å². The lowest BCUT2D eigenvalue weighted by Gasteiger charge is -2.08. The van der Waals surface area contributed by atoms with Crippen LogP contribution in [0, 0.1) is 0 Å². The van der Waals surface area contributed by atoms with Gasteiger partial charge >= 0.3 is 0 Å². The maximum absolute atomic E-state index is 6.19. The van der Waals surface area contributed by atoms with Crippen LogP contribution in [0.25, 0.3) is 0 Å². The Hall–Kier alpha value is 0.250. The van der Waals surface area contributed by atoms with Crippen molar-refractivity contribution in [3.63, 3.8) is 0 Å². The van der Waals surface area contributed by atoms with Crippen LogP contribution in [0.5, 0.6) is 0 Å². The zero-order valence-electron chi connectivity index (χ0n) is 12.6. The molecule has 0 bridgehead atoms. The molecule has 0 saturated carbocycles. The number of alkyl halides is 1. The van der Waals surface area contributed by atoms with Gasteiger partial charge in [-0.3, -0.25) is 0 Å². The molecular formula is C16H33ClO. The van der Waals surface area contributed by atoms with Gasteiger partial charge in [-0.05, 0) is 12.8 Å².